The quantitative estimate of drug-likeness (QED) is 0.217. The number of amides is 1. The summed E-state index contributed by atoms with van der Waals surface area (Å²) in [5.41, 5.74) is 0.173. The molecule has 4 N–H and O–H groups in total. The van der Waals surface area contributed by atoms with Gasteiger partial charge in [0.05, 0.1) is 0 Å². The molecule has 0 fully saturated rings. The van der Waals surface area contributed by atoms with Gasteiger partial charge in [-0.1, -0.05) is 6.07 Å². The van der Waals surface area contributed by atoms with E-state index in [0.29, 0.717) is 37.6 Å². The Morgan fingerprint density at radius 1 is 1.23 bits per heavy atom. The fourth-order valence-corrected chi connectivity index (χ4v) is 1.87. The van der Waals surface area contributed by atoms with E-state index in [9.17, 15) is 9.18 Å². The lowest BCUT2D eigenvalue weighted by atomic mass is 10.2. The molecule has 1 amide bonds. The number of phenols is 1. The summed E-state index contributed by atoms with van der Waals surface area (Å²) in [7, 11) is 1.63. The van der Waals surface area contributed by atoms with Gasteiger partial charge >= 0.3 is 6.09 Å². The molecular weight excluding hydrogens is 454 g/mol. The Hall–Kier alpha value is -1.78. The number of phenolic OH excluding ortho intramolecular Hbond substituents is 1. The molecule has 1 aromatic rings. The highest BCUT2D eigenvalue weighted by atomic mass is 127. The maximum atomic E-state index is 13.3. The van der Waals surface area contributed by atoms with E-state index < -0.39 is 17.5 Å². The molecule has 0 bridgehead atoms. The molecule has 9 heteroatoms. The number of nitrogens with one attached hydrogen (secondary N) is 3. The van der Waals surface area contributed by atoms with Gasteiger partial charge in [0.25, 0.3) is 0 Å². The lowest BCUT2D eigenvalue weighted by Gasteiger charge is -2.19. The molecule has 1 rings (SSSR count). The lowest BCUT2D eigenvalue weighted by Crippen LogP contribution is -2.39. The Morgan fingerprint density at radius 3 is 2.46 bits per heavy atom. The average molecular weight is 482 g/mol. The molecule has 0 atom stereocenters. The zero-order valence-electron chi connectivity index (χ0n) is 15.6. The molecule has 26 heavy (non-hydrogen) atoms. The van der Waals surface area contributed by atoms with Gasteiger partial charge in [0.15, 0.2) is 17.5 Å². The highest BCUT2D eigenvalue weighted by molar-refractivity contribution is 14.0. The Balaban J connectivity index is 0.00000625. The van der Waals surface area contributed by atoms with Crippen LogP contribution < -0.4 is 16.0 Å². The van der Waals surface area contributed by atoms with Crippen LogP contribution in [0, 0.1) is 5.82 Å². The number of guanidine groups is 1. The van der Waals surface area contributed by atoms with E-state index in [0.717, 1.165) is 0 Å². The molecule has 0 aliphatic carbocycles. The first-order valence-electron chi connectivity index (χ1n) is 8.10. The minimum atomic E-state index is -0.657. The summed E-state index contributed by atoms with van der Waals surface area (Å²) in [4.78, 5) is 15.5. The van der Waals surface area contributed by atoms with Crippen molar-refractivity contribution in [1.82, 2.24) is 16.0 Å². The number of aliphatic imine (C=N–C) groups is 1. The number of carbonyl (C=O) groups excluding carboxylic acids is 1. The van der Waals surface area contributed by atoms with Gasteiger partial charge in [0, 0.05) is 26.7 Å². The lowest BCUT2D eigenvalue weighted by molar-refractivity contribution is 0.0527. The van der Waals surface area contributed by atoms with Crippen LogP contribution in [0.5, 0.6) is 5.75 Å². The van der Waals surface area contributed by atoms with E-state index in [2.05, 4.69) is 20.9 Å². The number of rotatable bonds is 6. The van der Waals surface area contributed by atoms with Crippen molar-refractivity contribution in [2.75, 3.05) is 20.1 Å². The van der Waals surface area contributed by atoms with E-state index in [1.807, 2.05) is 20.8 Å². The van der Waals surface area contributed by atoms with Gasteiger partial charge < -0.3 is 25.8 Å². The molecule has 0 aliphatic rings. The smallest absolute Gasteiger partial charge is 0.407 e. The molecule has 148 valence electrons. The van der Waals surface area contributed by atoms with Crippen molar-refractivity contribution in [2.45, 2.75) is 39.3 Å². The third-order valence-electron chi connectivity index (χ3n) is 3.01. The SMILES string of the molecule is CN=C(NCCCNC(=O)OC(C)(C)C)NCc1ccc(O)c(F)c1.I. The van der Waals surface area contributed by atoms with Crippen molar-refractivity contribution in [1.29, 1.82) is 0 Å². The van der Waals surface area contributed by atoms with Crippen LogP contribution in [0.3, 0.4) is 0 Å². The zero-order chi connectivity index (χ0) is 18.9. The second-order valence-corrected chi connectivity index (χ2v) is 6.42. The predicted molar refractivity (Wildman–Crippen MR) is 111 cm³/mol. The van der Waals surface area contributed by atoms with E-state index in [4.69, 9.17) is 9.84 Å². The second kappa shape index (κ2) is 11.8. The molecule has 1 aromatic carbocycles. The van der Waals surface area contributed by atoms with E-state index in [1.165, 1.54) is 12.1 Å². The molecular formula is C17H28FIN4O3. The fourth-order valence-electron chi connectivity index (χ4n) is 1.87. The van der Waals surface area contributed by atoms with Gasteiger partial charge in [0.1, 0.15) is 5.60 Å². The maximum Gasteiger partial charge on any atom is 0.407 e. The molecule has 0 heterocycles. The maximum absolute atomic E-state index is 13.3. The molecule has 0 aromatic heterocycles. The van der Waals surface area contributed by atoms with Crippen molar-refractivity contribution in [2.24, 2.45) is 4.99 Å². The standard InChI is InChI=1S/C17H27FN4O3.HI/c1-17(2,3)25-16(24)21-9-5-8-20-15(19-4)22-11-12-6-7-14(23)13(18)10-12;/h6-7,10,23H,5,8-9,11H2,1-4H3,(H,21,24)(H2,19,20,22);1H. The number of hydrogen-bond acceptors (Lipinski definition) is 4. The second-order valence-electron chi connectivity index (χ2n) is 6.42. The number of alkyl carbamates (subject to hydrolysis) is 1. The average Bonchev–Trinajstić information content (AvgIpc) is 2.51. The van der Waals surface area contributed by atoms with E-state index in [-0.39, 0.29) is 29.7 Å². The van der Waals surface area contributed by atoms with E-state index in [1.54, 1.807) is 13.1 Å². The monoisotopic (exact) mass is 482 g/mol. The van der Waals surface area contributed by atoms with Crippen molar-refractivity contribution in [3.8, 4) is 5.75 Å². The van der Waals surface area contributed by atoms with Gasteiger partial charge in [-0.05, 0) is 44.9 Å². The summed E-state index contributed by atoms with van der Waals surface area (Å²) < 4.78 is 18.4. The largest absolute Gasteiger partial charge is 0.505 e. The number of halogens is 2. The van der Waals surface area contributed by atoms with Crippen LogP contribution in [0.15, 0.2) is 23.2 Å². The normalized spacial score (nSPS) is 11.3. The van der Waals surface area contributed by atoms with Gasteiger partial charge in [0.2, 0.25) is 0 Å². The van der Waals surface area contributed by atoms with Gasteiger partial charge in [-0.2, -0.15) is 0 Å². The Labute approximate surface area is 170 Å². The minimum absolute atomic E-state index is 0. The van der Waals surface area contributed by atoms with Crippen LogP contribution in [0.2, 0.25) is 0 Å². The molecule has 0 radical (unpaired) electrons. The van der Waals surface area contributed by atoms with Crippen LogP contribution in [-0.2, 0) is 11.3 Å². The zero-order valence-corrected chi connectivity index (χ0v) is 17.9. The topological polar surface area (TPSA) is 95.0 Å². The summed E-state index contributed by atoms with van der Waals surface area (Å²) in [5.74, 6) is -0.468. The summed E-state index contributed by atoms with van der Waals surface area (Å²) in [6.07, 6.45) is 0.248. The number of ether oxygens (including phenoxy) is 1. The number of benzene rings is 1. The van der Waals surface area contributed by atoms with Crippen LogP contribution >= 0.6 is 24.0 Å². The van der Waals surface area contributed by atoms with Crippen LogP contribution in [0.4, 0.5) is 9.18 Å². The molecule has 0 saturated heterocycles. The highest BCUT2D eigenvalue weighted by Gasteiger charge is 2.15. The van der Waals surface area contributed by atoms with Crippen LogP contribution in [0.1, 0.15) is 32.8 Å². The first-order valence-corrected chi connectivity index (χ1v) is 8.10. The highest BCUT2D eigenvalue weighted by Crippen LogP contribution is 2.15. The third-order valence-corrected chi connectivity index (χ3v) is 3.01. The number of aromatic hydroxyl groups is 1. The fraction of sp³-hybridized carbons (Fsp3) is 0.529. The summed E-state index contributed by atoms with van der Waals surface area (Å²) in [5, 5.41) is 18.0. The third kappa shape index (κ3) is 10.3. The van der Waals surface area contributed by atoms with Crippen molar-refractivity contribution in [3.05, 3.63) is 29.6 Å². The van der Waals surface area contributed by atoms with Crippen LogP contribution in [-0.4, -0.2) is 42.9 Å². The van der Waals surface area contributed by atoms with Gasteiger partial charge in [-0.15, -0.1) is 24.0 Å². The molecule has 0 saturated carbocycles. The Bertz CT molecular complexity index is 606. The minimum Gasteiger partial charge on any atom is -0.505 e. The summed E-state index contributed by atoms with van der Waals surface area (Å²) in [6, 6.07) is 4.20. The molecule has 0 spiro atoms. The van der Waals surface area contributed by atoms with Crippen molar-refractivity contribution in [3.63, 3.8) is 0 Å². The van der Waals surface area contributed by atoms with Crippen LogP contribution in [0.25, 0.3) is 0 Å². The van der Waals surface area contributed by atoms with Gasteiger partial charge in [-0.25, -0.2) is 9.18 Å². The Morgan fingerprint density at radius 2 is 1.88 bits per heavy atom. The van der Waals surface area contributed by atoms with Crippen molar-refractivity contribution < 1.29 is 19.0 Å². The molecule has 0 unspecified atom stereocenters. The molecule has 7 nitrogen and oxygen atoms in total. The van der Waals surface area contributed by atoms with E-state index >= 15 is 0 Å². The first kappa shape index (κ1) is 24.2. The molecule has 0 aliphatic heterocycles. The van der Waals surface area contributed by atoms with Crippen molar-refractivity contribution >= 4 is 36.0 Å². The summed E-state index contributed by atoms with van der Waals surface area (Å²) >= 11 is 0. The summed E-state index contributed by atoms with van der Waals surface area (Å²) in [6.45, 7) is 6.87. The number of hydrogen-bond donors (Lipinski definition) is 4. The Kier molecular flexibility index (Phi) is 11.0. The van der Waals surface area contributed by atoms with Gasteiger partial charge in [-0.3, -0.25) is 4.99 Å². The predicted octanol–water partition coefficient (Wildman–Crippen LogP) is 2.73. The number of carbonyl (C=O) groups is 1. The first-order chi connectivity index (χ1) is 11.7. The number of nitrogens with zero attached hydrogens (tertiary/aromatic N) is 1.